The summed E-state index contributed by atoms with van der Waals surface area (Å²) < 4.78 is 25.9. The molecular weight excluding hydrogens is 344 g/mol. The first-order chi connectivity index (χ1) is 12.3. The zero-order valence-electron chi connectivity index (χ0n) is 14.0. The average Bonchev–Trinajstić information content (AvgIpc) is 2.61. The molecule has 0 spiro atoms. The van der Waals surface area contributed by atoms with Crippen LogP contribution in [-0.4, -0.2) is 42.8 Å². The normalized spacial score (nSPS) is 10.1. The highest BCUT2D eigenvalue weighted by molar-refractivity contribution is 5.98. The summed E-state index contributed by atoms with van der Waals surface area (Å²) in [6.45, 7) is -0.582. The Kier molecular flexibility index (Phi) is 6.37. The average molecular weight is 361 g/mol. The minimum Gasteiger partial charge on any atom is -0.343 e. The third-order valence-corrected chi connectivity index (χ3v) is 3.42. The van der Waals surface area contributed by atoms with Crippen molar-refractivity contribution in [2.24, 2.45) is 0 Å². The van der Waals surface area contributed by atoms with E-state index in [1.165, 1.54) is 49.5 Å². The predicted octanol–water partition coefficient (Wildman–Crippen LogP) is 1.79. The van der Waals surface area contributed by atoms with Gasteiger partial charge in [-0.1, -0.05) is 6.07 Å². The Bertz CT molecular complexity index is 810. The maximum absolute atomic E-state index is 13.1. The number of hydrogen-bond donors (Lipinski definition) is 2. The van der Waals surface area contributed by atoms with Crippen molar-refractivity contribution >= 4 is 23.4 Å². The molecule has 3 amide bonds. The molecule has 6 nitrogen and oxygen atoms in total. The fraction of sp³-hybridized carbons (Fsp3) is 0.167. The van der Waals surface area contributed by atoms with E-state index >= 15 is 0 Å². The molecule has 0 radical (unpaired) electrons. The SMILES string of the molecule is CN(CC(=O)Nc1ccc(F)cc1)C(=O)CNC(=O)c1cccc(F)c1. The first kappa shape index (κ1) is 19.0. The number of nitrogens with zero attached hydrogens (tertiary/aromatic N) is 1. The Balaban J connectivity index is 1.80. The number of anilines is 1. The zero-order chi connectivity index (χ0) is 19.1. The Morgan fingerprint density at radius 3 is 2.35 bits per heavy atom. The predicted molar refractivity (Wildman–Crippen MR) is 91.4 cm³/mol. The van der Waals surface area contributed by atoms with Crippen LogP contribution >= 0.6 is 0 Å². The van der Waals surface area contributed by atoms with Crippen LogP contribution in [0.4, 0.5) is 14.5 Å². The Labute approximate surface area is 148 Å². The highest BCUT2D eigenvalue weighted by atomic mass is 19.1. The molecule has 2 aromatic rings. The molecule has 0 aromatic heterocycles. The molecule has 136 valence electrons. The molecule has 0 aliphatic rings. The van der Waals surface area contributed by atoms with Crippen molar-refractivity contribution in [2.75, 3.05) is 25.5 Å². The van der Waals surface area contributed by atoms with Crippen LogP contribution in [0.25, 0.3) is 0 Å². The van der Waals surface area contributed by atoms with E-state index in [2.05, 4.69) is 10.6 Å². The van der Waals surface area contributed by atoms with Gasteiger partial charge in [-0.2, -0.15) is 0 Å². The molecule has 2 rings (SSSR count). The number of likely N-dealkylation sites (N-methyl/N-ethyl adjacent to an activating group) is 1. The molecule has 0 bridgehead atoms. The van der Waals surface area contributed by atoms with Gasteiger partial charge in [0.2, 0.25) is 11.8 Å². The van der Waals surface area contributed by atoms with Gasteiger partial charge in [-0.3, -0.25) is 14.4 Å². The van der Waals surface area contributed by atoms with Gasteiger partial charge in [0, 0.05) is 18.3 Å². The van der Waals surface area contributed by atoms with Crippen LogP contribution in [0.2, 0.25) is 0 Å². The quantitative estimate of drug-likeness (QED) is 0.823. The van der Waals surface area contributed by atoms with Crippen molar-refractivity contribution in [1.29, 1.82) is 0 Å². The summed E-state index contributed by atoms with van der Waals surface area (Å²) in [5, 5.41) is 4.89. The molecule has 0 heterocycles. The largest absolute Gasteiger partial charge is 0.343 e. The lowest BCUT2D eigenvalue weighted by molar-refractivity contribution is -0.132. The summed E-state index contributed by atoms with van der Waals surface area (Å²) in [5.74, 6) is -2.54. The molecule has 2 N–H and O–H groups in total. The first-order valence-electron chi connectivity index (χ1n) is 7.68. The van der Waals surface area contributed by atoms with Crippen LogP contribution in [0.1, 0.15) is 10.4 Å². The zero-order valence-corrected chi connectivity index (χ0v) is 14.0. The van der Waals surface area contributed by atoms with Gasteiger partial charge in [0.1, 0.15) is 11.6 Å². The van der Waals surface area contributed by atoms with E-state index in [0.29, 0.717) is 5.69 Å². The van der Waals surface area contributed by atoms with Gasteiger partial charge in [0.05, 0.1) is 13.1 Å². The molecule has 0 aliphatic carbocycles. The summed E-state index contributed by atoms with van der Waals surface area (Å²) in [7, 11) is 1.40. The highest BCUT2D eigenvalue weighted by Crippen LogP contribution is 2.08. The van der Waals surface area contributed by atoms with E-state index in [9.17, 15) is 23.2 Å². The number of halogens is 2. The molecule has 2 aromatic carbocycles. The third-order valence-electron chi connectivity index (χ3n) is 3.42. The van der Waals surface area contributed by atoms with Crippen LogP contribution < -0.4 is 10.6 Å². The summed E-state index contributed by atoms with van der Waals surface area (Å²) in [5.41, 5.74) is 0.492. The minimum atomic E-state index is -0.595. The van der Waals surface area contributed by atoms with Crippen molar-refractivity contribution in [3.8, 4) is 0 Å². The summed E-state index contributed by atoms with van der Waals surface area (Å²) in [4.78, 5) is 36.9. The number of rotatable bonds is 6. The number of carbonyl (C=O) groups excluding carboxylic acids is 3. The number of hydrogen-bond acceptors (Lipinski definition) is 3. The van der Waals surface area contributed by atoms with Gasteiger partial charge in [-0.05, 0) is 42.5 Å². The maximum Gasteiger partial charge on any atom is 0.251 e. The Morgan fingerprint density at radius 1 is 1.00 bits per heavy atom. The van der Waals surface area contributed by atoms with E-state index in [-0.39, 0.29) is 18.7 Å². The van der Waals surface area contributed by atoms with E-state index in [4.69, 9.17) is 0 Å². The molecule has 0 saturated carbocycles. The van der Waals surface area contributed by atoms with E-state index in [1.54, 1.807) is 0 Å². The third kappa shape index (κ3) is 5.66. The molecular formula is C18H17F2N3O3. The molecule has 26 heavy (non-hydrogen) atoms. The van der Waals surface area contributed by atoms with E-state index in [0.717, 1.165) is 11.0 Å². The minimum absolute atomic E-state index is 0.0921. The van der Waals surface area contributed by atoms with Crippen molar-refractivity contribution < 1.29 is 23.2 Å². The second-order valence-electron chi connectivity index (χ2n) is 5.50. The number of carbonyl (C=O) groups is 3. The second-order valence-corrected chi connectivity index (χ2v) is 5.50. The molecule has 0 unspecified atom stereocenters. The fourth-order valence-corrected chi connectivity index (χ4v) is 2.06. The van der Waals surface area contributed by atoms with Gasteiger partial charge in [0.25, 0.3) is 5.91 Å². The van der Waals surface area contributed by atoms with Crippen molar-refractivity contribution in [3.63, 3.8) is 0 Å². The highest BCUT2D eigenvalue weighted by Gasteiger charge is 2.15. The molecule has 0 saturated heterocycles. The lowest BCUT2D eigenvalue weighted by atomic mass is 10.2. The molecule has 0 aliphatic heterocycles. The topological polar surface area (TPSA) is 78.5 Å². The standard InChI is InChI=1S/C18H17F2N3O3/c1-23(11-16(24)22-15-7-5-13(19)6-8-15)17(25)10-21-18(26)12-3-2-4-14(20)9-12/h2-9H,10-11H2,1H3,(H,21,26)(H,22,24). The number of amides is 3. The van der Waals surface area contributed by atoms with Crippen LogP contribution in [0.15, 0.2) is 48.5 Å². The van der Waals surface area contributed by atoms with Crippen LogP contribution in [0, 0.1) is 11.6 Å². The van der Waals surface area contributed by atoms with Crippen LogP contribution in [0.3, 0.4) is 0 Å². The van der Waals surface area contributed by atoms with E-state index < -0.39 is 29.4 Å². The van der Waals surface area contributed by atoms with Crippen LogP contribution in [-0.2, 0) is 9.59 Å². The molecule has 0 fully saturated rings. The van der Waals surface area contributed by atoms with Gasteiger partial charge < -0.3 is 15.5 Å². The van der Waals surface area contributed by atoms with Gasteiger partial charge >= 0.3 is 0 Å². The smallest absolute Gasteiger partial charge is 0.251 e. The first-order valence-corrected chi connectivity index (χ1v) is 7.68. The van der Waals surface area contributed by atoms with Gasteiger partial charge in [-0.15, -0.1) is 0 Å². The Morgan fingerprint density at radius 2 is 1.69 bits per heavy atom. The maximum atomic E-state index is 13.1. The lowest BCUT2D eigenvalue weighted by Gasteiger charge is -2.17. The summed E-state index contributed by atoms with van der Waals surface area (Å²) in [6.07, 6.45) is 0. The number of benzene rings is 2. The second kappa shape index (κ2) is 8.70. The summed E-state index contributed by atoms with van der Waals surface area (Å²) >= 11 is 0. The summed E-state index contributed by atoms with van der Waals surface area (Å²) in [6, 6.07) is 10.3. The Hall–Kier alpha value is -3.29. The number of nitrogens with one attached hydrogen (secondary N) is 2. The molecule has 8 heteroatoms. The van der Waals surface area contributed by atoms with Gasteiger partial charge in [0.15, 0.2) is 0 Å². The molecule has 0 atom stereocenters. The fourth-order valence-electron chi connectivity index (χ4n) is 2.06. The van der Waals surface area contributed by atoms with Crippen LogP contribution in [0.5, 0.6) is 0 Å². The monoisotopic (exact) mass is 361 g/mol. The van der Waals surface area contributed by atoms with Gasteiger partial charge in [-0.25, -0.2) is 8.78 Å². The van der Waals surface area contributed by atoms with Crippen molar-refractivity contribution in [3.05, 3.63) is 65.7 Å². The van der Waals surface area contributed by atoms with Crippen molar-refractivity contribution in [2.45, 2.75) is 0 Å². The van der Waals surface area contributed by atoms with E-state index in [1.807, 2.05) is 0 Å². The van der Waals surface area contributed by atoms with Crippen molar-refractivity contribution in [1.82, 2.24) is 10.2 Å². The lowest BCUT2D eigenvalue weighted by Crippen LogP contribution is -2.41.